The Labute approximate surface area is 153 Å². The molecule has 1 fully saturated rings. The number of fused-ring (bicyclic) bond motifs is 2. The van der Waals surface area contributed by atoms with Crippen LogP contribution in [0.3, 0.4) is 0 Å². The standard InChI is InChI=1S/C22H23NO3/c1-16-6-2-5-9-19(16)26-15-21(25)23-12-10-22(11-13-23)18-8-4-3-7-17(18)14-20(22)24/h2-9H,10-15H2,1H3. The third-order valence-electron chi connectivity index (χ3n) is 5.83. The minimum absolute atomic E-state index is 0.0122. The summed E-state index contributed by atoms with van der Waals surface area (Å²) in [6, 6.07) is 15.8. The van der Waals surface area contributed by atoms with Gasteiger partial charge in [0.2, 0.25) is 0 Å². The number of hydrogen-bond acceptors (Lipinski definition) is 3. The van der Waals surface area contributed by atoms with Gasteiger partial charge >= 0.3 is 0 Å². The van der Waals surface area contributed by atoms with Crippen LogP contribution in [-0.4, -0.2) is 36.3 Å². The predicted octanol–water partition coefficient (Wildman–Crippen LogP) is 3.06. The maximum atomic E-state index is 12.7. The summed E-state index contributed by atoms with van der Waals surface area (Å²) in [5.74, 6) is 1.04. The average molecular weight is 349 g/mol. The van der Waals surface area contributed by atoms with E-state index in [0.29, 0.717) is 38.1 Å². The van der Waals surface area contributed by atoms with E-state index in [2.05, 4.69) is 12.1 Å². The van der Waals surface area contributed by atoms with Crippen LogP contribution in [0.4, 0.5) is 0 Å². The summed E-state index contributed by atoms with van der Waals surface area (Å²) in [6.45, 7) is 3.22. The lowest BCUT2D eigenvalue weighted by atomic mass is 9.73. The maximum Gasteiger partial charge on any atom is 0.260 e. The highest BCUT2D eigenvalue weighted by Gasteiger charge is 2.48. The Balaban J connectivity index is 1.40. The van der Waals surface area contributed by atoms with Gasteiger partial charge in [0.25, 0.3) is 5.91 Å². The van der Waals surface area contributed by atoms with Crippen molar-refractivity contribution >= 4 is 11.7 Å². The SMILES string of the molecule is Cc1ccccc1OCC(=O)N1CCC2(CC1)C(=O)Cc1ccccc12. The van der Waals surface area contributed by atoms with Crippen LogP contribution in [0.1, 0.15) is 29.5 Å². The van der Waals surface area contributed by atoms with E-state index in [-0.39, 0.29) is 17.9 Å². The van der Waals surface area contributed by atoms with Crippen LogP contribution >= 0.6 is 0 Å². The van der Waals surface area contributed by atoms with Gasteiger partial charge in [0.15, 0.2) is 6.61 Å². The van der Waals surface area contributed by atoms with Gasteiger partial charge < -0.3 is 9.64 Å². The Morgan fingerprint density at radius 2 is 1.77 bits per heavy atom. The van der Waals surface area contributed by atoms with E-state index in [0.717, 1.165) is 16.9 Å². The van der Waals surface area contributed by atoms with Gasteiger partial charge in [-0.25, -0.2) is 0 Å². The van der Waals surface area contributed by atoms with Crippen LogP contribution in [0.15, 0.2) is 48.5 Å². The topological polar surface area (TPSA) is 46.6 Å². The summed E-state index contributed by atoms with van der Waals surface area (Å²) >= 11 is 0. The van der Waals surface area contributed by atoms with Crippen LogP contribution in [0.25, 0.3) is 0 Å². The zero-order chi connectivity index (χ0) is 18.1. The number of carbonyl (C=O) groups excluding carboxylic acids is 2. The van der Waals surface area contributed by atoms with Crippen LogP contribution in [0.5, 0.6) is 5.75 Å². The molecule has 1 heterocycles. The zero-order valence-corrected chi connectivity index (χ0v) is 15.0. The van der Waals surface area contributed by atoms with Crippen LogP contribution in [0.2, 0.25) is 0 Å². The number of piperidine rings is 1. The monoisotopic (exact) mass is 349 g/mol. The van der Waals surface area contributed by atoms with E-state index in [9.17, 15) is 9.59 Å². The van der Waals surface area contributed by atoms with Crippen molar-refractivity contribution in [2.75, 3.05) is 19.7 Å². The second-order valence-electron chi connectivity index (χ2n) is 7.27. The molecule has 26 heavy (non-hydrogen) atoms. The molecular weight excluding hydrogens is 326 g/mol. The van der Waals surface area contributed by atoms with Crippen LogP contribution in [0, 0.1) is 6.92 Å². The number of aryl methyl sites for hydroxylation is 1. The van der Waals surface area contributed by atoms with Gasteiger partial charge in [0.1, 0.15) is 11.5 Å². The van der Waals surface area contributed by atoms with Crippen molar-refractivity contribution in [1.82, 2.24) is 4.90 Å². The Bertz CT molecular complexity index is 850. The molecule has 0 unspecified atom stereocenters. The quantitative estimate of drug-likeness (QED) is 0.856. The highest BCUT2D eigenvalue weighted by molar-refractivity contribution is 5.97. The van der Waals surface area contributed by atoms with Gasteiger partial charge in [-0.2, -0.15) is 0 Å². The van der Waals surface area contributed by atoms with Gasteiger partial charge in [0, 0.05) is 19.5 Å². The Hall–Kier alpha value is -2.62. The highest BCUT2D eigenvalue weighted by Crippen LogP contribution is 2.43. The van der Waals surface area contributed by atoms with Crippen LogP contribution in [-0.2, 0) is 21.4 Å². The Morgan fingerprint density at radius 3 is 2.54 bits per heavy atom. The van der Waals surface area contributed by atoms with E-state index in [1.807, 2.05) is 48.2 Å². The molecular formula is C22H23NO3. The van der Waals surface area contributed by atoms with Crippen molar-refractivity contribution in [3.05, 3.63) is 65.2 Å². The number of para-hydroxylation sites is 1. The molecule has 4 heteroatoms. The van der Waals surface area contributed by atoms with Crippen LogP contribution < -0.4 is 4.74 Å². The first-order valence-corrected chi connectivity index (χ1v) is 9.18. The van der Waals surface area contributed by atoms with Crippen molar-refractivity contribution in [3.8, 4) is 5.75 Å². The molecule has 0 aromatic heterocycles. The summed E-state index contributed by atoms with van der Waals surface area (Å²) < 4.78 is 5.69. The summed E-state index contributed by atoms with van der Waals surface area (Å²) in [6.07, 6.45) is 1.94. The number of ether oxygens (including phenoxy) is 1. The summed E-state index contributed by atoms with van der Waals surface area (Å²) in [4.78, 5) is 27.1. The average Bonchev–Trinajstić information content (AvgIpc) is 2.93. The van der Waals surface area contributed by atoms with Crippen molar-refractivity contribution in [1.29, 1.82) is 0 Å². The lowest BCUT2D eigenvalue weighted by Gasteiger charge is -2.38. The fourth-order valence-corrected chi connectivity index (χ4v) is 4.27. The molecule has 134 valence electrons. The van der Waals surface area contributed by atoms with Crippen molar-refractivity contribution < 1.29 is 14.3 Å². The largest absolute Gasteiger partial charge is 0.484 e. The smallest absolute Gasteiger partial charge is 0.260 e. The molecule has 1 spiro atoms. The van der Waals surface area contributed by atoms with E-state index >= 15 is 0 Å². The first kappa shape index (κ1) is 16.8. The van der Waals surface area contributed by atoms with Crippen molar-refractivity contribution in [2.45, 2.75) is 31.6 Å². The van der Waals surface area contributed by atoms with Crippen molar-refractivity contribution in [2.24, 2.45) is 0 Å². The highest BCUT2D eigenvalue weighted by atomic mass is 16.5. The van der Waals surface area contributed by atoms with Gasteiger partial charge in [-0.15, -0.1) is 0 Å². The fourth-order valence-electron chi connectivity index (χ4n) is 4.27. The number of benzene rings is 2. The number of amides is 1. The molecule has 0 radical (unpaired) electrons. The third-order valence-corrected chi connectivity index (χ3v) is 5.83. The number of ketones is 1. The molecule has 2 aliphatic rings. The van der Waals surface area contributed by atoms with E-state index in [4.69, 9.17) is 4.74 Å². The Kier molecular flexibility index (Phi) is 4.27. The third kappa shape index (κ3) is 2.79. The molecule has 0 bridgehead atoms. The zero-order valence-electron chi connectivity index (χ0n) is 15.0. The predicted molar refractivity (Wildman–Crippen MR) is 99.3 cm³/mol. The molecule has 2 aromatic carbocycles. The number of likely N-dealkylation sites (tertiary alicyclic amines) is 1. The summed E-state index contributed by atoms with van der Waals surface area (Å²) in [5.41, 5.74) is 2.96. The molecule has 1 aliphatic carbocycles. The number of nitrogens with zero attached hydrogens (tertiary/aromatic N) is 1. The van der Waals surface area contributed by atoms with Crippen molar-refractivity contribution in [3.63, 3.8) is 0 Å². The molecule has 4 rings (SSSR count). The van der Waals surface area contributed by atoms with Gasteiger partial charge in [-0.3, -0.25) is 9.59 Å². The lowest BCUT2D eigenvalue weighted by molar-refractivity contribution is -0.137. The molecule has 0 N–H and O–H groups in total. The molecule has 0 saturated carbocycles. The maximum absolute atomic E-state index is 12.7. The second-order valence-corrected chi connectivity index (χ2v) is 7.27. The summed E-state index contributed by atoms with van der Waals surface area (Å²) in [5, 5.41) is 0. The summed E-state index contributed by atoms with van der Waals surface area (Å²) in [7, 11) is 0. The number of rotatable bonds is 3. The number of carbonyl (C=O) groups is 2. The second kappa shape index (κ2) is 6.60. The Morgan fingerprint density at radius 1 is 1.08 bits per heavy atom. The molecule has 4 nitrogen and oxygen atoms in total. The minimum atomic E-state index is -0.385. The first-order chi connectivity index (χ1) is 12.6. The van der Waals surface area contributed by atoms with Gasteiger partial charge in [-0.1, -0.05) is 42.5 Å². The number of hydrogen-bond donors (Lipinski definition) is 0. The number of Topliss-reactive ketones (excluding diaryl/α,β-unsaturated/α-hetero) is 1. The van der Waals surface area contributed by atoms with Gasteiger partial charge in [0.05, 0.1) is 5.41 Å². The fraction of sp³-hybridized carbons (Fsp3) is 0.364. The normalized spacial score (nSPS) is 18.0. The molecule has 1 amide bonds. The van der Waals surface area contributed by atoms with E-state index in [1.165, 1.54) is 5.56 Å². The molecule has 2 aromatic rings. The molecule has 1 aliphatic heterocycles. The van der Waals surface area contributed by atoms with Gasteiger partial charge in [-0.05, 0) is 42.5 Å². The van der Waals surface area contributed by atoms with E-state index in [1.54, 1.807) is 0 Å². The minimum Gasteiger partial charge on any atom is -0.484 e. The lowest BCUT2D eigenvalue weighted by Crippen LogP contribution is -2.48. The molecule has 0 atom stereocenters. The molecule has 1 saturated heterocycles. The van der Waals surface area contributed by atoms with E-state index < -0.39 is 0 Å². The first-order valence-electron chi connectivity index (χ1n) is 9.18.